The minimum Gasteiger partial charge on any atom is -0.618 e. The van der Waals surface area contributed by atoms with Crippen LogP contribution in [0, 0.1) is 5.21 Å². The number of aromatic nitrogens is 2. The van der Waals surface area contributed by atoms with Crippen molar-refractivity contribution >= 4 is 21.8 Å². The molecular weight excluding hydrogens is 260 g/mol. The summed E-state index contributed by atoms with van der Waals surface area (Å²) in [5.41, 5.74) is 2.81. The van der Waals surface area contributed by atoms with E-state index in [4.69, 9.17) is 0 Å². The van der Waals surface area contributed by atoms with Crippen molar-refractivity contribution < 1.29 is 4.73 Å². The quantitative estimate of drug-likeness (QED) is 0.391. The molecule has 4 aromatic rings. The first-order valence-corrected chi connectivity index (χ1v) is 6.80. The second-order valence-corrected chi connectivity index (χ2v) is 4.96. The van der Waals surface area contributed by atoms with Gasteiger partial charge in [0.15, 0.2) is 0 Å². The summed E-state index contributed by atoms with van der Waals surface area (Å²) in [6, 6.07) is 23.1. The fraction of sp³-hybridized carbons (Fsp3) is 0. The molecule has 0 spiro atoms. The van der Waals surface area contributed by atoms with Crippen LogP contribution >= 0.6 is 0 Å². The van der Waals surface area contributed by atoms with Crippen molar-refractivity contribution in [1.82, 2.24) is 4.98 Å². The van der Waals surface area contributed by atoms with Crippen molar-refractivity contribution in [2.45, 2.75) is 0 Å². The summed E-state index contributed by atoms with van der Waals surface area (Å²) in [6.07, 6.45) is 0. The van der Waals surface area contributed by atoms with Crippen molar-refractivity contribution in [2.24, 2.45) is 0 Å². The molecule has 0 radical (unpaired) electrons. The lowest BCUT2D eigenvalue weighted by atomic mass is 10.1. The predicted molar refractivity (Wildman–Crippen MR) is 83.6 cm³/mol. The van der Waals surface area contributed by atoms with Gasteiger partial charge in [-0.15, -0.1) is 0 Å². The van der Waals surface area contributed by atoms with Crippen LogP contribution in [0.5, 0.6) is 0 Å². The third-order valence-electron chi connectivity index (χ3n) is 3.66. The van der Waals surface area contributed by atoms with E-state index in [0.29, 0.717) is 16.9 Å². The van der Waals surface area contributed by atoms with Crippen LogP contribution in [-0.4, -0.2) is 4.98 Å². The standard InChI is InChI=1S/C18H12N2O/c21-20-17-8-4-2-6-14(17)10-12-18(20)16-11-9-13-5-1-3-7-15(13)19-16/h1-12H. The highest BCUT2D eigenvalue weighted by Crippen LogP contribution is 2.20. The normalized spacial score (nSPS) is 11.0. The highest BCUT2D eigenvalue weighted by Gasteiger charge is 2.13. The maximum absolute atomic E-state index is 12.5. The van der Waals surface area contributed by atoms with Crippen molar-refractivity contribution in [3.05, 3.63) is 78.0 Å². The Morgan fingerprint density at radius 1 is 0.714 bits per heavy atom. The van der Waals surface area contributed by atoms with Gasteiger partial charge < -0.3 is 5.21 Å². The van der Waals surface area contributed by atoms with E-state index >= 15 is 0 Å². The van der Waals surface area contributed by atoms with Gasteiger partial charge in [0.25, 0.3) is 0 Å². The lowest BCUT2D eigenvalue weighted by molar-refractivity contribution is -0.565. The third kappa shape index (κ3) is 1.91. The Morgan fingerprint density at radius 3 is 2.33 bits per heavy atom. The van der Waals surface area contributed by atoms with Crippen molar-refractivity contribution in [2.75, 3.05) is 0 Å². The van der Waals surface area contributed by atoms with Crippen LogP contribution in [-0.2, 0) is 0 Å². The summed E-state index contributed by atoms with van der Waals surface area (Å²) in [7, 11) is 0. The van der Waals surface area contributed by atoms with Gasteiger partial charge in [0, 0.05) is 22.9 Å². The Morgan fingerprint density at radius 2 is 1.43 bits per heavy atom. The molecule has 21 heavy (non-hydrogen) atoms. The number of benzene rings is 2. The van der Waals surface area contributed by atoms with Crippen LogP contribution in [0.2, 0.25) is 0 Å². The summed E-state index contributed by atoms with van der Waals surface area (Å²) in [5.74, 6) is 0. The molecule has 2 aromatic carbocycles. The minimum absolute atomic E-state index is 0.569. The van der Waals surface area contributed by atoms with Crippen molar-refractivity contribution in [3.63, 3.8) is 0 Å². The second-order valence-electron chi connectivity index (χ2n) is 4.96. The molecule has 0 aliphatic heterocycles. The monoisotopic (exact) mass is 272 g/mol. The lowest BCUT2D eigenvalue weighted by Gasteiger charge is -2.07. The van der Waals surface area contributed by atoms with E-state index in [0.717, 1.165) is 21.0 Å². The zero-order valence-electron chi connectivity index (χ0n) is 11.2. The number of fused-ring (bicyclic) bond motifs is 2. The van der Waals surface area contributed by atoms with Gasteiger partial charge in [0.1, 0.15) is 5.69 Å². The molecule has 0 bridgehead atoms. The smallest absolute Gasteiger partial charge is 0.242 e. The molecule has 2 heterocycles. The average Bonchev–Trinajstić information content (AvgIpc) is 2.55. The fourth-order valence-electron chi connectivity index (χ4n) is 2.58. The Balaban J connectivity index is 1.97. The predicted octanol–water partition coefficient (Wildman–Crippen LogP) is 3.69. The summed E-state index contributed by atoms with van der Waals surface area (Å²) in [6.45, 7) is 0. The number of hydrogen-bond donors (Lipinski definition) is 0. The van der Waals surface area contributed by atoms with E-state index in [-0.39, 0.29) is 0 Å². The first kappa shape index (κ1) is 11.9. The molecule has 0 aliphatic carbocycles. The van der Waals surface area contributed by atoms with Gasteiger partial charge in [-0.25, -0.2) is 4.98 Å². The van der Waals surface area contributed by atoms with Crippen LogP contribution in [0.25, 0.3) is 33.2 Å². The Bertz CT molecular complexity index is 963. The van der Waals surface area contributed by atoms with E-state index in [9.17, 15) is 5.21 Å². The number of pyridine rings is 2. The van der Waals surface area contributed by atoms with Gasteiger partial charge in [-0.1, -0.05) is 36.4 Å². The SMILES string of the molecule is [O-][n+]1c(-c2ccc3ccccc3n2)ccc2ccccc21. The van der Waals surface area contributed by atoms with Gasteiger partial charge in [-0.3, -0.25) is 0 Å². The van der Waals surface area contributed by atoms with E-state index in [1.54, 1.807) is 0 Å². The third-order valence-corrected chi connectivity index (χ3v) is 3.66. The molecule has 0 saturated heterocycles. The van der Waals surface area contributed by atoms with E-state index in [1.807, 2.05) is 72.8 Å². The number of para-hydroxylation sites is 2. The molecule has 0 unspecified atom stereocenters. The summed E-state index contributed by atoms with van der Waals surface area (Å²) < 4.78 is 0.951. The summed E-state index contributed by atoms with van der Waals surface area (Å²) in [4.78, 5) is 4.59. The first-order valence-electron chi connectivity index (χ1n) is 6.80. The molecule has 0 fully saturated rings. The number of nitrogens with zero attached hydrogens (tertiary/aromatic N) is 2. The minimum atomic E-state index is 0.569. The topological polar surface area (TPSA) is 39.8 Å². The highest BCUT2D eigenvalue weighted by molar-refractivity contribution is 5.82. The Hall–Kier alpha value is -2.94. The van der Waals surface area contributed by atoms with Gasteiger partial charge in [-0.05, 0) is 24.3 Å². The molecule has 0 N–H and O–H groups in total. The molecule has 0 amide bonds. The fourth-order valence-corrected chi connectivity index (χ4v) is 2.58. The van der Waals surface area contributed by atoms with E-state index in [1.165, 1.54) is 0 Å². The first-order chi connectivity index (χ1) is 10.3. The number of rotatable bonds is 1. The molecule has 3 heteroatoms. The highest BCUT2D eigenvalue weighted by atomic mass is 16.5. The molecular formula is C18H12N2O. The van der Waals surface area contributed by atoms with Crippen molar-refractivity contribution in [3.8, 4) is 11.4 Å². The van der Waals surface area contributed by atoms with Crippen LogP contribution in [0.4, 0.5) is 0 Å². The van der Waals surface area contributed by atoms with Crippen LogP contribution in [0.15, 0.2) is 72.8 Å². The molecule has 0 aliphatic rings. The maximum Gasteiger partial charge on any atom is 0.242 e. The lowest BCUT2D eigenvalue weighted by Crippen LogP contribution is -2.30. The summed E-state index contributed by atoms with van der Waals surface area (Å²) in [5, 5.41) is 14.5. The van der Waals surface area contributed by atoms with E-state index in [2.05, 4.69) is 4.98 Å². The molecule has 0 atom stereocenters. The zero-order chi connectivity index (χ0) is 14.2. The second kappa shape index (κ2) is 4.56. The molecule has 4 rings (SSSR count). The van der Waals surface area contributed by atoms with Crippen LogP contribution in [0.1, 0.15) is 0 Å². The average molecular weight is 272 g/mol. The molecule has 0 saturated carbocycles. The maximum atomic E-state index is 12.5. The van der Waals surface area contributed by atoms with Gasteiger partial charge >= 0.3 is 0 Å². The Labute approximate surface area is 121 Å². The van der Waals surface area contributed by atoms with Gasteiger partial charge in [-0.2, -0.15) is 4.73 Å². The molecule has 2 aromatic heterocycles. The zero-order valence-corrected chi connectivity index (χ0v) is 11.2. The van der Waals surface area contributed by atoms with Crippen LogP contribution in [0.3, 0.4) is 0 Å². The van der Waals surface area contributed by atoms with Crippen molar-refractivity contribution in [1.29, 1.82) is 0 Å². The Kier molecular flexibility index (Phi) is 2.57. The van der Waals surface area contributed by atoms with E-state index < -0.39 is 0 Å². The summed E-state index contributed by atoms with van der Waals surface area (Å²) >= 11 is 0. The molecule has 3 nitrogen and oxygen atoms in total. The molecule has 100 valence electrons. The van der Waals surface area contributed by atoms with Crippen LogP contribution < -0.4 is 4.73 Å². The van der Waals surface area contributed by atoms with Gasteiger partial charge in [0.2, 0.25) is 11.2 Å². The largest absolute Gasteiger partial charge is 0.618 e. The van der Waals surface area contributed by atoms with Gasteiger partial charge in [0.05, 0.1) is 5.52 Å². The number of hydrogen-bond acceptors (Lipinski definition) is 2.